The van der Waals surface area contributed by atoms with Gasteiger partial charge in [0, 0.05) is 43.4 Å². The van der Waals surface area contributed by atoms with E-state index in [9.17, 15) is 8.78 Å². The molecule has 0 atom stereocenters. The van der Waals surface area contributed by atoms with Crippen LogP contribution in [0.4, 0.5) is 14.5 Å². The van der Waals surface area contributed by atoms with E-state index < -0.39 is 0 Å². The summed E-state index contributed by atoms with van der Waals surface area (Å²) in [6.45, 7) is 6.14. The Balaban J connectivity index is 1.42. The lowest BCUT2D eigenvalue weighted by Crippen LogP contribution is -2.48. The molecule has 176 valence electrons. The van der Waals surface area contributed by atoms with Crippen molar-refractivity contribution in [2.45, 2.75) is 13.0 Å². The molecule has 2 aliphatic heterocycles. The standard InChI is InChI=1S/C27H27BrF2N4/c1-18-3-12-24-25(31-18)27(23(28)17-32(24)2)34-15-13-33(14-16-34)26(19-4-8-21(29)9-5-19)20-6-10-22(30)11-7-20/h3-12,26H,13-17H2,1-2H3. The summed E-state index contributed by atoms with van der Waals surface area (Å²) >= 11 is 3.83. The maximum absolute atomic E-state index is 13.6. The molecule has 2 aromatic carbocycles. The van der Waals surface area contributed by atoms with E-state index in [0.29, 0.717) is 0 Å². The van der Waals surface area contributed by atoms with Gasteiger partial charge < -0.3 is 9.80 Å². The topological polar surface area (TPSA) is 22.6 Å². The molecular formula is C27H27BrF2N4. The molecule has 0 spiro atoms. The molecule has 0 amide bonds. The zero-order chi connectivity index (χ0) is 23.8. The highest BCUT2D eigenvalue weighted by molar-refractivity contribution is 9.11. The van der Waals surface area contributed by atoms with Gasteiger partial charge in [0.05, 0.1) is 24.0 Å². The maximum atomic E-state index is 13.6. The van der Waals surface area contributed by atoms with Gasteiger partial charge in [-0.1, -0.05) is 40.2 Å². The number of hydrogen-bond acceptors (Lipinski definition) is 4. The Bertz CT molecular complexity index is 1160. The molecule has 1 saturated heterocycles. The maximum Gasteiger partial charge on any atom is 0.123 e. The third kappa shape index (κ3) is 4.46. The first kappa shape index (κ1) is 23.0. The van der Waals surface area contributed by atoms with E-state index in [1.54, 1.807) is 0 Å². The molecule has 0 radical (unpaired) electrons. The first-order valence-electron chi connectivity index (χ1n) is 11.5. The van der Waals surface area contributed by atoms with E-state index in [0.717, 1.165) is 71.1 Å². The Labute approximate surface area is 207 Å². The second-order valence-corrected chi connectivity index (χ2v) is 9.92. The van der Waals surface area contributed by atoms with Crippen LogP contribution in [-0.2, 0) is 0 Å². The quantitative estimate of drug-likeness (QED) is 0.443. The molecule has 0 N–H and O–H groups in total. The number of likely N-dealkylation sites (N-methyl/N-ethyl adjacent to an activating group) is 1. The van der Waals surface area contributed by atoms with Gasteiger partial charge in [0.1, 0.15) is 17.3 Å². The summed E-state index contributed by atoms with van der Waals surface area (Å²) in [5, 5.41) is 0. The van der Waals surface area contributed by atoms with E-state index in [4.69, 9.17) is 4.98 Å². The van der Waals surface area contributed by atoms with Gasteiger partial charge in [-0.3, -0.25) is 4.90 Å². The van der Waals surface area contributed by atoms with Crippen LogP contribution in [0, 0.1) is 18.6 Å². The summed E-state index contributed by atoms with van der Waals surface area (Å²) in [6, 6.07) is 17.4. The van der Waals surface area contributed by atoms with E-state index in [1.165, 1.54) is 24.3 Å². The second-order valence-electron chi connectivity index (χ2n) is 8.96. The number of anilines is 1. The fraction of sp³-hybridized carbons (Fsp3) is 0.296. The number of aryl methyl sites for hydroxylation is 1. The summed E-state index contributed by atoms with van der Waals surface area (Å²) in [5.41, 5.74) is 6.33. The molecule has 2 aliphatic rings. The zero-order valence-electron chi connectivity index (χ0n) is 19.3. The molecule has 5 rings (SSSR count). The van der Waals surface area contributed by atoms with Crippen molar-refractivity contribution in [2.75, 3.05) is 44.7 Å². The van der Waals surface area contributed by atoms with Crippen molar-refractivity contribution < 1.29 is 8.78 Å². The largest absolute Gasteiger partial charge is 0.368 e. The van der Waals surface area contributed by atoms with Gasteiger partial charge >= 0.3 is 0 Å². The van der Waals surface area contributed by atoms with E-state index >= 15 is 0 Å². The van der Waals surface area contributed by atoms with E-state index in [1.807, 2.05) is 31.2 Å². The summed E-state index contributed by atoms with van der Waals surface area (Å²) in [6.07, 6.45) is 0. The molecule has 0 aliphatic carbocycles. The number of nitrogens with zero attached hydrogens (tertiary/aromatic N) is 4. The molecule has 0 unspecified atom stereocenters. The fourth-order valence-corrected chi connectivity index (χ4v) is 5.77. The van der Waals surface area contributed by atoms with Crippen LogP contribution in [0.25, 0.3) is 5.70 Å². The van der Waals surface area contributed by atoms with Crippen LogP contribution in [-0.4, -0.2) is 54.6 Å². The van der Waals surface area contributed by atoms with Gasteiger partial charge in [0.25, 0.3) is 0 Å². The average Bonchev–Trinajstić information content (AvgIpc) is 2.82. The Morgan fingerprint density at radius 3 is 1.94 bits per heavy atom. The normalized spacial score (nSPS) is 16.9. The van der Waals surface area contributed by atoms with Crippen molar-refractivity contribution in [3.8, 4) is 0 Å². The van der Waals surface area contributed by atoms with Gasteiger partial charge in [0.2, 0.25) is 0 Å². The minimum atomic E-state index is -0.257. The number of hydrogen-bond donors (Lipinski definition) is 0. The van der Waals surface area contributed by atoms with Crippen LogP contribution >= 0.6 is 15.9 Å². The zero-order valence-corrected chi connectivity index (χ0v) is 20.9. The predicted octanol–water partition coefficient (Wildman–Crippen LogP) is 5.59. The van der Waals surface area contributed by atoms with Gasteiger partial charge in [-0.25, -0.2) is 13.8 Å². The van der Waals surface area contributed by atoms with Crippen LogP contribution in [0.2, 0.25) is 0 Å². The number of benzene rings is 2. The van der Waals surface area contributed by atoms with Crippen molar-refractivity contribution in [3.63, 3.8) is 0 Å². The summed E-state index contributed by atoms with van der Waals surface area (Å²) < 4.78 is 28.4. The Morgan fingerprint density at radius 2 is 1.38 bits per heavy atom. The van der Waals surface area contributed by atoms with Crippen LogP contribution in [0.15, 0.2) is 65.1 Å². The van der Waals surface area contributed by atoms with Crippen LogP contribution < -0.4 is 4.90 Å². The van der Waals surface area contributed by atoms with Crippen molar-refractivity contribution in [1.82, 2.24) is 14.8 Å². The summed E-state index contributed by atoms with van der Waals surface area (Å²) in [5.74, 6) is -0.515. The van der Waals surface area contributed by atoms with Gasteiger partial charge in [0.15, 0.2) is 0 Å². The molecule has 0 saturated carbocycles. The average molecular weight is 525 g/mol. The number of piperazine rings is 1. The third-order valence-electron chi connectivity index (χ3n) is 6.65. The summed E-state index contributed by atoms with van der Waals surface area (Å²) in [4.78, 5) is 11.9. The number of rotatable bonds is 4. The molecular weight excluding hydrogens is 498 g/mol. The summed E-state index contributed by atoms with van der Waals surface area (Å²) in [7, 11) is 2.09. The Kier molecular flexibility index (Phi) is 6.40. The van der Waals surface area contributed by atoms with Crippen LogP contribution in [0.3, 0.4) is 0 Å². The number of pyridine rings is 1. The van der Waals surface area contributed by atoms with Crippen molar-refractivity contribution >= 4 is 27.3 Å². The van der Waals surface area contributed by atoms with E-state index in [2.05, 4.69) is 49.8 Å². The molecule has 3 heterocycles. The van der Waals surface area contributed by atoms with Gasteiger partial charge in [-0.2, -0.15) is 0 Å². The second kappa shape index (κ2) is 9.47. The molecule has 0 bridgehead atoms. The van der Waals surface area contributed by atoms with Gasteiger partial charge in [-0.05, 0) is 54.4 Å². The van der Waals surface area contributed by atoms with Gasteiger partial charge in [-0.15, -0.1) is 0 Å². The highest BCUT2D eigenvalue weighted by atomic mass is 79.9. The monoisotopic (exact) mass is 524 g/mol. The molecule has 7 heteroatoms. The lowest BCUT2D eigenvalue weighted by Gasteiger charge is -2.43. The van der Waals surface area contributed by atoms with Crippen LogP contribution in [0.5, 0.6) is 0 Å². The Hall–Kier alpha value is -2.77. The molecule has 1 aromatic heterocycles. The highest BCUT2D eigenvalue weighted by Gasteiger charge is 2.31. The SMILES string of the molecule is Cc1ccc2c(n1)C(N1CCN(C(c3ccc(F)cc3)c3ccc(F)cc3)CC1)=C(Br)CN2C. The molecule has 34 heavy (non-hydrogen) atoms. The number of fused-ring (bicyclic) bond motifs is 1. The minimum Gasteiger partial charge on any atom is -0.368 e. The molecule has 3 aromatic rings. The number of aromatic nitrogens is 1. The predicted molar refractivity (Wildman–Crippen MR) is 136 cm³/mol. The van der Waals surface area contributed by atoms with Crippen LogP contribution in [0.1, 0.15) is 28.6 Å². The lowest BCUT2D eigenvalue weighted by atomic mass is 9.96. The first-order valence-corrected chi connectivity index (χ1v) is 12.3. The Morgan fingerprint density at radius 1 is 0.824 bits per heavy atom. The van der Waals surface area contributed by atoms with Crippen molar-refractivity contribution in [3.05, 3.63) is 99.3 Å². The first-order chi connectivity index (χ1) is 16.4. The minimum absolute atomic E-state index is 0.0640. The molecule has 1 fully saturated rings. The van der Waals surface area contributed by atoms with E-state index in [-0.39, 0.29) is 17.7 Å². The highest BCUT2D eigenvalue weighted by Crippen LogP contribution is 2.38. The third-order valence-corrected chi connectivity index (χ3v) is 7.28. The van der Waals surface area contributed by atoms with Crippen molar-refractivity contribution in [1.29, 1.82) is 0 Å². The molecule has 4 nitrogen and oxygen atoms in total. The fourth-order valence-electron chi connectivity index (χ4n) is 4.96. The number of halogens is 3. The lowest BCUT2D eigenvalue weighted by molar-refractivity contribution is 0.144. The van der Waals surface area contributed by atoms with Crippen molar-refractivity contribution in [2.24, 2.45) is 0 Å². The smallest absolute Gasteiger partial charge is 0.123 e.